The van der Waals surface area contributed by atoms with Crippen LogP contribution in [0.2, 0.25) is 0 Å². The summed E-state index contributed by atoms with van der Waals surface area (Å²) in [5, 5.41) is 20.4. The number of rotatable bonds is 5. The van der Waals surface area contributed by atoms with E-state index < -0.39 is 5.60 Å². The summed E-state index contributed by atoms with van der Waals surface area (Å²) in [6.45, 7) is 2.96. The third-order valence-electron chi connectivity index (χ3n) is 4.50. The quantitative estimate of drug-likeness (QED) is 0.554. The van der Waals surface area contributed by atoms with E-state index in [-0.39, 0.29) is 6.61 Å². The highest BCUT2D eigenvalue weighted by molar-refractivity contribution is 7.98. The van der Waals surface area contributed by atoms with Gasteiger partial charge in [0.2, 0.25) is 0 Å². The van der Waals surface area contributed by atoms with Crippen LogP contribution in [0.3, 0.4) is 0 Å². The summed E-state index contributed by atoms with van der Waals surface area (Å²) in [6.07, 6.45) is 1.39. The lowest BCUT2D eigenvalue weighted by molar-refractivity contribution is -0.0242. The number of aryl methyl sites for hydroxylation is 1. The van der Waals surface area contributed by atoms with E-state index in [9.17, 15) is 10.2 Å². The molecule has 6 nitrogen and oxygen atoms in total. The van der Waals surface area contributed by atoms with E-state index in [0.717, 1.165) is 18.7 Å². The highest BCUT2D eigenvalue weighted by Gasteiger charge is 2.33. The Labute approximate surface area is 152 Å². The van der Waals surface area contributed by atoms with Gasteiger partial charge in [-0.05, 0) is 30.9 Å². The van der Waals surface area contributed by atoms with Crippen molar-refractivity contribution < 1.29 is 10.2 Å². The van der Waals surface area contributed by atoms with Gasteiger partial charge in [0.05, 0.1) is 13.2 Å². The highest BCUT2D eigenvalue weighted by Crippen LogP contribution is 2.28. The van der Waals surface area contributed by atoms with Crippen molar-refractivity contribution in [3.05, 3.63) is 41.5 Å². The maximum absolute atomic E-state index is 10.4. The van der Waals surface area contributed by atoms with Crippen LogP contribution in [0.5, 0.6) is 0 Å². The Bertz CT molecular complexity index is 743. The van der Waals surface area contributed by atoms with Crippen LogP contribution in [0.15, 0.2) is 35.5 Å². The van der Waals surface area contributed by atoms with Crippen molar-refractivity contribution in [2.24, 2.45) is 0 Å². The molecule has 0 radical (unpaired) electrons. The van der Waals surface area contributed by atoms with Gasteiger partial charge in [-0.1, -0.05) is 36.0 Å². The number of hydrogen-bond donors (Lipinski definition) is 3. The van der Waals surface area contributed by atoms with Crippen LogP contribution in [-0.2, 0) is 5.75 Å². The summed E-state index contributed by atoms with van der Waals surface area (Å²) in [5.74, 6) is 1.89. The molecule has 25 heavy (non-hydrogen) atoms. The van der Waals surface area contributed by atoms with Crippen molar-refractivity contribution in [1.82, 2.24) is 9.97 Å². The van der Waals surface area contributed by atoms with Gasteiger partial charge in [-0.2, -0.15) is 0 Å². The molecule has 1 aromatic carbocycles. The molecule has 1 aromatic heterocycles. The van der Waals surface area contributed by atoms with Gasteiger partial charge in [0, 0.05) is 18.4 Å². The van der Waals surface area contributed by atoms with E-state index in [2.05, 4.69) is 29.0 Å². The third kappa shape index (κ3) is 4.42. The van der Waals surface area contributed by atoms with E-state index in [1.54, 1.807) is 17.8 Å². The highest BCUT2D eigenvalue weighted by atomic mass is 32.2. The molecule has 0 aliphatic carbocycles. The predicted molar refractivity (Wildman–Crippen MR) is 101 cm³/mol. The van der Waals surface area contributed by atoms with Crippen LogP contribution in [0.1, 0.15) is 24.0 Å². The lowest BCUT2D eigenvalue weighted by atomic mass is 9.94. The molecule has 2 aromatic rings. The Morgan fingerprint density at radius 3 is 2.88 bits per heavy atom. The van der Waals surface area contributed by atoms with Gasteiger partial charge in [-0.3, -0.25) is 0 Å². The fraction of sp³-hybridized carbons (Fsp3) is 0.444. The smallest absolute Gasteiger partial charge is 0.191 e. The topological polar surface area (TPSA) is 95.5 Å². The van der Waals surface area contributed by atoms with Crippen molar-refractivity contribution in [2.45, 2.75) is 36.3 Å². The zero-order valence-corrected chi connectivity index (χ0v) is 15.2. The Morgan fingerprint density at radius 2 is 2.12 bits per heavy atom. The number of anilines is 2. The normalized spacial score (nSPS) is 20.7. The molecule has 0 bridgehead atoms. The molecule has 1 fully saturated rings. The molecule has 0 saturated carbocycles. The molecule has 0 unspecified atom stereocenters. The molecule has 1 aliphatic rings. The number of aliphatic hydroxyl groups is 2. The van der Waals surface area contributed by atoms with Crippen LogP contribution in [-0.4, -0.2) is 45.5 Å². The largest absolute Gasteiger partial charge is 0.393 e. The number of β-amino-alcohol motifs (C(OH)–C–C–N with tert-alkyl or cyclic N) is 1. The number of benzene rings is 1. The fourth-order valence-electron chi connectivity index (χ4n) is 3.01. The Hall–Kier alpha value is -1.83. The average molecular weight is 360 g/mol. The lowest BCUT2D eigenvalue weighted by Gasteiger charge is -2.38. The van der Waals surface area contributed by atoms with Crippen LogP contribution >= 0.6 is 11.8 Å². The van der Waals surface area contributed by atoms with Crippen molar-refractivity contribution in [3.8, 4) is 0 Å². The summed E-state index contributed by atoms with van der Waals surface area (Å²) in [5.41, 5.74) is 7.37. The van der Waals surface area contributed by atoms with Gasteiger partial charge in [-0.15, -0.1) is 0 Å². The van der Waals surface area contributed by atoms with Crippen molar-refractivity contribution in [1.29, 1.82) is 0 Å². The second-order valence-electron chi connectivity index (χ2n) is 6.56. The van der Waals surface area contributed by atoms with E-state index >= 15 is 0 Å². The number of nitrogens with two attached hydrogens (primary N) is 1. The van der Waals surface area contributed by atoms with E-state index in [0.29, 0.717) is 29.8 Å². The number of piperidine rings is 1. The first-order valence-electron chi connectivity index (χ1n) is 8.39. The zero-order chi connectivity index (χ0) is 17.9. The maximum atomic E-state index is 10.4. The second kappa shape index (κ2) is 7.59. The number of aromatic nitrogens is 2. The summed E-state index contributed by atoms with van der Waals surface area (Å²) < 4.78 is 0. The molecule has 3 rings (SSSR count). The first kappa shape index (κ1) is 18.0. The third-order valence-corrected chi connectivity index (χ3v) is 5.40. The number of thioether (sulfide) groups is 1. The van der Waals surface area contributed by atoms with Crippen molar-refractivity contribution in [2.75, 3.05) is 30.3 Å². The average Bonchev–Trinajstić information content (AvgIpc) is 2.61. The Balaban J connectivity index is 1.75. The van der Waals surface area contributed by atoms with Gasteiger partial charge in [0.15, 0.2) is 5.16 Å². The van der Waals surface area contributed by atoms with Crippen molar-refractivity contribution in [3.63, 3.8) is 0 Å². The van der Waals surface area contributed by atoms with Crippen LogP contribution in [0.25, 0.3) is 0 Å². The number of aliphatic hydroxyl groups excluding tert-OH is 1. The molecule has 134 valence electrons. The molecule has 0 spiro atoms. The van der Waals surface area contributed by atoms with Crippen molar-refractivity contribution >= 4 is 23.4 Å². The van der Waals surface area contributed by atoms with Gasteiger partial charge in [0.1, 0.15) is 17.2 Å². The number of hydrogen-bond acceptors (Lipinski definition) is 7. The Morgan fingerprint density at radius 1 is 1.32 bits per heavy atom. The van der Waals surface area contributed by atoms with E-state index in [1.807, 2.05) is 17.0 Å². The minimum absolute atomic E-state index is 0.251. The Kier molecular flexibility index (Phi) is 5.46. The molecule has 0 amide bonds. The van der Waals surface area contributed by atoms with Crippen LogP contribution < -0.4 is 10.6 Å². The van der Waals surface area contributed by atoms with E-state index in [4.69, 9.17) is 5.73 Å². The minimum Gasteiger partial charge on any atom is -0.393 e. The standard InChI is InChI=1S/C18H24N4O2S/c1-13-5-2-3-6-14(13)10-25-17-20-15(19)9-16(21-17)22-8-4-7-18(24,11-22)12-23/h2-3,5-6,9,23-24H,4,7-8,10-12H2,1H3,(H2,19,20,21)/t18-/m1/s1. The molecule has 1 aliphatic heterocycles. The summed E-state index contributed by atoms with van der Waals surface area (Å²) in [7, 11) is 0. The molecule has 7 heteroatoms. The predicted octanol–water partition coefficient (Wildman–Crippen LogP) is 1.98. The summed E-state index contributed by atoms with van der Waals surface area (Å²) in [6, 6.07) is 9.96. The fourth-order valence-corrected chi connectivity index (χ4v) is 3.94. The molecule has 2 heterocycles. The SMILES string of the molecule is Cc1ccccc1CSc1nc(N)cc(N2CCC[C@](O)(CO)C2)n1. The second-order valence-corrected chi connectivity index (χ2v) is 7.50. The first-order valence-corrected chi connectivity index (χ1v) is 9.38. The first-order chi connectivity index (χ1) is 12.0. The molecule has 1 atom stereocenters. The summed E-state index contributed by atoms with van der Waals surface area (Å²) >= 11 is 1.54. The number of nitrogen functional groups attached to an aromatic ring is 1. The molecular weight excluding hydrogens is 336 g/mol. The number of nitrogens with zero attached hydrogens (tertiary/aromatic N) is 3. The molecular formula is C18H24N4O2S. The minimum atomic E-state index is -1.08. The van der Waals surface area contributed by atoms with Gasteiger partial charge in [-0.25, -0.2) is 9.97 Å². The van der Waals surface area contributed by atoms with E-state index in [1.165, 1.54) is 11.1 Å². The maximum Gasteiger partial charge on any atom is 0.191 e. The zero-order valence-electron chi connectivity index (χ0n) is 14.4. The monoisotopic (exact) mass is 360 g/mol. The lowest BCUT2D eigenvalue weighted by Crippen LogP contribution is -2.50. The van der Waals surface area contributed by atoms with Crippen LogP contribution in [0, 0.1) is 6.92 Å². The molecule has 1 saturated heterocycles. The van der Waals surface area contributed by atoms with Crippen LogP contribution in [0.4, 0.5) is 11.6 Å². The summed E-state index contributed by atoms with van der Waals surface area (Å²) in [4.78, 5) is 10.9. The molecule has 4 N–H and O–H groups in total. The van der Waals surface area contributed by atoms with Gasteiger partial charge >= 0.3 is 0 Å². The van der Waals surface area contributed by atoms with Gasteiger partial charge < -0.3 is 20.8 Å². The van der Waals surface area contributed by atoms with Gasteiger partial charge in [0.25, 0.3) is 0 Å².